The van der Waals surface area contributed by atoms with Crippen LogP contribution >= 0.6 is 0 Å². The van der Waals surface area contributed by atoms with Gasteiger partial charge in [0.25, 0.3) is 0 Å². The summed E-state index contributed by atoms with van der Waals surface area (Å²) < 4.78 is 11.4. The molecular weight excluding hydrogens is 264 g/mol. The third-order valence-electron chi connectivity index (χ3n) is 3.54. The highest BCUT2D eigenvalue weighted by molar-refractivity contribution is 5.96. The minimum Gasteiger partial charge on any atom is -0.485 e. The number of ether oxygens (including phenoxy) is 1. The van der Waals surface area contributed by atoms with Crippen molar-refractivity contribution in [3.8, 4) is 5.75 Å². The Balaban J connectivity index is 1.57. The third kappa shape index (κ3) is 3.63. The Morgan fingerprint density at radius 3 is 2.86 bits per heavy atom. The number of furan rings is 1. The number of carbonyl (C=O) groups excluding carboxylic acids is 1. The smallest absolute Gasteiger partial charge is 0.158 e. The molecule has 1 aliphatic carbocycles. The zero-order valence-corrected chi connectivity index (χ0v) is 12.0. The van der Waals surface area contributed by atoms with E-state index >= 15 is 0 Å². The second-order valence-electron chi connectivity index (χ2n) is 5.37. The molecule has 0 N–H and O–H groups in total. The molecule has 3 nitrogen and oxygen atoms in total. The summed E-state index contributed by atoms with van der Waals surface area (Å²) in [5.74, 6) is 2.74. The lowest BCUT2D eigenvalue weighted by molar-refractivity contribution is -0.115. The van der Waals surface area contributed by atoms with Crippen LogP contribution in [0.15, 0.2) is 46.9 Å². The highest BCUT2D eigenvalue weighted by atomic mass is 16.5. The molecule has 108 valence electrons. The molecule has 0 unspecified atom stereocenters. The zero-order chi connectivity index (χ0) is 14.7. The van der Waals surface area contributed by atoms with E-state index in [0.717, 1.165) is 29.9 Å². The summed E-state index contributed by atoms with van der Waals surface area (Å²) >= 11 is 0. The van der Waals surface area contributed by atoms with Crippen LogP contribution in [-0.4, -0.2) is 5.78 Å². The first-order chi connectivity index (χ1) is 10.2. The molecule has 1 saturated carbocycles. The third-order valence-corrected chi connectivity index (χ3v) is 3.54. The van der Waals surface area contributed by atoms with Gasteiger partial charge in [0, 0.05) is 5.92 Å². The number of para-hydroxylation sites is 1. The lowest BCUT2D eigenvalue weighted by Gasteiger charge is -2.06. The molecule has 21 heavy (non-hydrogen) atoms. The standard InChI is InChI=1S/C18H18O3/c1-13-4-2-3-5-18(13)20-12-16-9-8-15(21-16)10-11-17(19)14-6-7-14/h2-5,8-11,14H,6-7,12H2,1H3/b11-10+. The molecule has 1 aliphatic rings. The molecule has 0 amide bonds. The number of hydrogen-bond donors (Lipinski definition) is 0. The van der Waals surface area contributed by atoms with Crippen LogP contribution in [0.3, 0.4) is 0 Å². The average molecular weight is 282 g/mol. The highest BCUT2D eigenvalue weighted by Crippen LogP contribution is 2.30. The molecule has 3 rings (SSSR count). The fourth-order valence-corrected chi connectivity index (χ4v) is 2.10. The van der Waals surface area contributed by atoms with Gasteiger partial charge in [-0.15, -0.1) is 0 Å². The second-order valence-corrected chi connectivity index (χ2v) is 5.37. The number of ketones is 1. The van der Waals surface area contributed by atoms with Gasteiger partial charge in [-0.25, -0.2) is 0 Å². The van der Waals surface area contributed by atoms with Crippen LogP contribution < -0.4 is 4.74 Å². The molecule has 3 heteroatoms. The molecule has 1 aromatic heterocycles. The van der Waals surface area contributed by atoms with Crippen LogP contribution in [0.5, 0.6) is 5.75 Å². The Labute approximate surface area is 124 Å². The SMILES string of the molecule is Cc1ccccc1OCc1ccc(/C=C/C(=O)C2CC2)o1. The number of rotatable bonds is 6. The predicted molar refractivity (Wildman–Crippen MR) is 81.0 cm³/mol. The molecule has 1 fully saturated rings. The van der Waals surface area contributed by atoms with E-state index in [9.17, 15) is 4.79 Å². The number of aryl methyl sites for hydroxylation is 1. The summed E-state index contributed by atoms with van der Waals surface area (Å²) in [6.45, 7) is 2.39. The van der Waals surface area contributed by atoms with Gasteiger partial charge in [-0.3, -0.25) is 4.79 Å². The van der Waals surface area contributed by atoms with Crippen molar-refractivity contribution in [3.63, 3.8) is 0 Å². The molecule has 1 aromatic carbocycles. The molecule has 0 saturated heterocycles. The minimum absolute atomic E-state index is 0.198. The average Bonchev–Trinajstić information content (AvgIpc) is 3.24. The molecule has 0 atom stereocenters. The maximum Gasteiger partial charge on any atom is 0.158 e. The lowest BCUT2D eigenvalue weighted by atomic mass is 10.2. The van der Waals surface area contributed by atoms with Crippen LogP contribution in [0.1, 0.15) is 29.9 Å². The summed E-state index contributed by atoms with van der Waals surface area (Å²) in [6.07, 6.45) is 5.40. The molecule has 0 bridgehead atoms. The summed E-state index contributed by atoms with van der Waals surface area (Å²) in [5, 5.41) is 0. The van der Waals surface area contributed by atoms with E-state index in [4.69, 9.17) is 9.15 Å². The van der Waals surface area contributed by atoms with E-state index in [1.807, 2.05) is 43.3 Å². The van der Waals surface area contributed by atoms with Gasteiger partial charge in [-0.1, -0.05) is 18.2 Å². The number of carbonyl (C=O) groups is 1. The van der Waals surface area contributed by atoms with Crippen molar-refractivity contribution in [1.29, 1.82) is 0 Å². The van der Waals surface area contributed by atoms with Crippen molar-refractivity contribution in [2.75, 3.05) is 0 Å². The van der Waals surface area contributed by atoms with E-state index in [1.54, 1.807) is 12.2 Å². The van der Waals surface area contributed by atoms with Gasteiger partial charge in [-0.2, -0.15) is 0 Å². The van der Waals surface area contributed by atoms with Gasteiger partial charge in [0.2, 0.25) is 0 Å². The monoisotopic (exact) mass is 282 g/mol. The van der Waals surface area contributed by atoms with Crippen LogP contribution in [0, 0.1) is 12.8 Å². The summed E-state index contributed by atoms with van der Waals surface area (Å²) in [7, 11) is 0. The molecule has 0 spiro atoms. The minimum atomic E-state index is 0.198. The number of allylic oxidation sites excluding steroid dienone is 1. The maximum atomic E-state index is 11.6. The van der Waals surface area contributed by atoms with E-state index in [1.165, 1.54) is 0 Å². The quantitative estimate of drug-likeness (QED) is 0.747. The molecule has 1 heterocycles. The van der Waals surface area contributed by atoms with Crippen molar-refractivity contribution >= 4 is 11.9 Å². The molecule has 0 aliphatic heterocycles. The maximum absolute atomic E-state index is 11.6. The molecule has 0 radical (unpaired) electrons. The van der Waals surface area contributed by atoms with E-state index in [2.05, 4.69) is 0 Å². The van der Waals surface area contributed by atoms with E-state index in [-0.39, 0.29) is 11.7 Å². The van der Waals surface area contributed by atoms with Gasteiger partial charge in [0.1, 0.15) is 23.9 Å². The van der Waals surface area contributed by atoms with Crippen molar-refractivity contribution in [3.05, 3.63) is 59.6 Å². The topological polar surface area (TPSA) is 39.4 Å². The first-order valence-electron chi connectivity index (χ1n) is 7.21. The normalized spacial score (nSPS) is 14.5. The van der Waals surface area contributed by atoms with Gasteiger partial charge >= 0.3 is 0 Å². The fourth-order valence-electron chi connectivity index (χ4n) is 2.10. The van der Waals surface area contributed by atoms with Crippen LogP contribution in [0.2, 0.25) is 0 Å². The zero-order valence-electron chi connectivity index (χ0n) is 12.0. The first kappa shape index (κ1) is 13.7. The molecule has 2 aromatic rings. The van der Waals surface area contributed by atoms with Crippen molar-refractivity contribution < 1.29 is 13.9 Å². The van der Waals surface area contributed by atoms with Crippen molar-refractivity contribution in [2.45, 2.75) is 26.4 Å². The number of benzene rings is 1. The Kier molecular flexibility index (Phi) is 3.91. The Morgan fingerprint density at radius 2 is 2.10 bits per heavy atom. The van der Waals surface area contributed by atoms with Crippen LogP contribution in [-0.2, 0) is 11.4 Å². The highest BCUT2D eigenvalue weighted by Gasteiger charge is 2.27. The Bertz CT molecular complexity index is 663. The van der Waals surface area contributed by atoms with Crippen molar-refractivity contribution in [1.82, 2.24) is 0 Å². The van der Waals surface area contributed by atoms with Gasteiger partial charge < -0.3 is 9.15 Å². The summed E-state index contributed by atoms with van der Waals surface area (Å²) in [4.78, 5) is 11.6. The van der Waals surface area contributed by atoms with E-state index in [0.29, 0.717) is 12.4 Å². The van der Waals surface area contributed by atoms with Gasteiger partial charge in [-0.05, 0) is 55.7 Å². The van der Waals surface area contributed by atoms with Crippen LogP contribution in [0.25, 0.3) is 6.08 Å². The van der Waals surface area contributed by atoms with Gasteiger partial charge in [0.15, 0.2) is 5.78 Å². The lowest BCUT2D eigenvalue weighted by Crippen LogP contribution is -1.95. The Morgan fingerprint density at radius 1 is 1.29 bits per heavy atom. The number of hydrogen-bond acceptors (Lipinski definition) is 3. The molecular formula is C18H18O3. The first-order valence-corrected chi connectivity index (χ1v) is 7.21. The van der Waals surface area contributed by atoms with Crippen molar-refractivity contribution in [2.24, 2.45) is 5.92 Å². The largest absolute Gasteiger partial charge is 0.485 e. The summed E-state index contributed by atoms with van der Waals surface area (Å²) in [5.41, 5.74) is 1.10. The van der Waals surface area contributed by atoms with E-state index < -0.39 is 0 Å². The summed E-state index contributed by atoms with van der Waals surface area (Å²) in [6, 6.07) is 11.6. The fraction of sp³-hybridized carbons (Fsp3) is 0.278. The van der Waals surface area contributed by atoms with Crippen LogP contribution in [0.4, 0.5) is 0 Å². The predicted octanol–water partition coefficient (Wildman–Crippen LogP) is 4.16. The Hall–Kier alpha value is -2.29. The second kappa shape index (κ2) is 6.00. The van der Waals surface area contributed by atoms with Gasteiger partial charge in [0.05, 0.1) is 0 Å².